The highest BCUT2D eigenvalue weighted by Crippen LogP contribution is 2.30. The maximum Gasteiger partial charge on any atom is 0.433 e. The number of rotatable bonds is 3. The van der Waals surface area contributed by atoms with Gasteiger partial charge in [0.05, 0.1) is 0 Å². The average molecular weight is 321 g/mol. The molecule has 8 heteroatoms. The van der Waals surface area contributed by atoms with Gasteiger partial charge in [-0.2, -0.15) is 27.8 Å². The minimum absolute atomic E-state index is 0.106. The van der Waals surface area contributed by atoms with Crippen LogP contribution in [-0.4, -0.2) is 19.6 Å². The minimum atomic E-state index is -4.55. The zero-order valence-electron chi connectivity index (χ0n) is 12.5. The SMILES string of the molecule is CCc1cc(Nc2cc(C(F)(F)F)nc3ncnn23)ccc1C. The fraction of sp³-hybridized carbons (Fsp3) is 0.267. The topological polar surface area (TPSA) is 55.1 Å². The van der Waals surface area contributed by atoms with Gasteiger partial charge >= 0.3 is 6.18 Å². The summed E-state index contributed by atoms with van der Waals surface area (Å²) in [5, 5.41) is 6.88. The first kappa shape index (κ1) is 15.3. The molecular weight excluding hydrogens is 307 g/mol. The largest absolute Gasteiger partial charge is 0.433 e. The van der Waals surface area contributed by atoms with E-state index in [9.17, 15) is 13.2 Å². The minimum Gasteiger partial charge on any atom is -0.340 e. The van der Waals surface area contributed by atoms with Gasteiger partial charge in [0.2, 0.25) is 0 Å². The highest BCUT2D eigenvalue weighted by molar-refractivity contribution is 5.60. The van der Waals surface area contributed by atoms with Gasteiger partial charge in [-0.05, 0) is 36.6 Å². The van der Waals surface area contributed by atoms with Crippen LogP contribution in [0.3, 0.4) is 0 Å². The Bertz CT molecular complexity index is 854. The summed E-state index contributed by atoms with van der Waals surface area (Å²) in [6.07, 6.45) is -2.55. The quantitative estimate of drug-likeness (QED) is 0.798. The monoisotopic (exact) mass is 321 g/mol. The summed E-state index contributed by atoms with van der Waals surface area (Å²) in [6, 6.07) is 6.56. The summed E-state index contributed by atoms with van der Waals surface area (Å²) in [7, 11) is 0. The molecule has 0 radical (unpaired) electrons. The summed E-state index contributed by atoms with van der Waals surface area (Å²) >= 11 is 0. The Morgan fingerprint density at radius 3 is 2.70 bits per heavy atom. The average Bonchev–Trinajstić information content (AvgIpc) is 2.97. The molecule has 0 aliphatic carbocycles. The molecule has 0 unspecified atom stereocenters. The predicted molar refractivity (Wildman–Crippen MR) is 79.6 cm³/mol. The Morgan fingerprint density at radius 1 is 1.22 bits per heavy atom. The van der Waals surface area contributed by atoms with Crippen LogP contribution < -0.4 is 5.32 Å². The summed E-state index contributed by atoms with van der Waals surface area (Å²) in [4.78, 5) is 7.22. The Balaban J connectivity index is 2.07. The molecule has 120 valence electrons. The molecule has 0 aliphatic heterocycles. The standard InChI is InChI=1S/C15H14F3N5/c1-3-10-6-11(5-4-9(10)2)21-13-7-12(15(16,17)18)22-14-19-8-20-23(13)14/h4-8,21H,3H2,1-2H3. The van der Waals surface area contributed by atoms with E-state index >= 15 is 0 Å². The molecule has 2 aromatic heterocycles. The molecule has 0 bridgehead atoms. The van der Waals surface area contributed by atoms with Crippen LogP contribution in [0, 0.1) is 6.92 Å². The molecule has 2 heterocycles. The van der Waals surface area contributed by atoms with Crippen LogP contribution in [0.15, 0.2) is 30.6 Å². The number of halogens is 3. The van der Waals surface area contributed by atoms with E-state index in [4.69, 9.17) is 0 Å². The molecule has 0 fully saturated rings. The first-order valence-corrected chi connectivity index (χ1v) is 7.03. The van der Waals surface area contributed by atoms with Crippen molar-refractivity contribution in [1.82, 2.24) is 19.6 Å². The third-order valence-electron chi connectivity index (χ3n) is 3.54. The van der Waals surface area contributed by atoms with E-state index in [1.165, 1.54) is 10.8 Å². The van der Waals surface area contributed by atoms with Gasteiger partial charge in [-0.3, -0.25) is 0 Å². The fourth-order valence-electron chi connectivity index (χ4n) is 2.32. The first-order chi connectivity index (χ1) is 10.9. The number of nitrogens with zero attached hydrogens (tertiary/aromatic N) is 4. The molecule has 23 heavy (non-hydrogen) atoms. The van der Waals surface area contributed by atoms with Crippen LogP contribution in [0.5, 0.6) is 0 Å². The molecular formula is C15H14F3N5. The molecule has 3 aromatic rings. The summed E-state index contributed by atoms with van der Waals surface area (Å²) in [6.45, 7) is 4.02. The number of hydrogen-bond donors (Lipinski definition) is 1. The van der Waals surface area contributed by atoms with E-state index in [1.54, 1.807) is 0 Å². The third-order valence-corrected chi connectivity index (χ3v) is 3.54. The molecule has 0 saturated carbocycles. The lowest BCUT2D eigenvalue weighted by atomic mass is 10.1. The van der Waals surface area contributed by atoms with Gasteiger partial charge in [-0.25, -0.2) is 4.98 Å². The predicted octanol–water partition coefficient (Wildman–Crippen LogP) is 3.76. The van der Waals surface area contributed by atoms with Crippen LogP contribution >= 0.6 is 0 Å². The van der Waals surface area contributed by atoms with Crippen molar-refractivity contribution in [1.29, 1.82) is 0 Å². The van der Waals surface area contributed by atoms with E-state index in [0.29, 0.717) is 5.69 Å². The van der Waals surface area contributed by atoms with Crippen molar-refractivity contribution in [3.63, 3.8) is 0 Å². The summed E-state index contributed by atoms with van der Waals surface area (Å²) < 4.78 is 40.1. The normalized spacial score (nSPS) is 11.9. The maximum absolute atomic E-state index is 13.0. The third kappa shape index (κ3) is 2.96. The first-order valence-electron chi connectivity index (χ1n) is 7.03. The smallest absolute Gasteiger partial charge is 0.340 e. The zero-order valence-corrected chi connectivity index (χ0v) is 12.5. The van der Waals surface area contributed by atoms with Crippen molar-refractivity contribution in [3.05, 3.63) is 47.4 Å². The highest BCUT2D eigenvalue weighted by Gasteiger charge is 2.34. The number of aryl methyl sites for hydroxylation is 2. The van der Waals surface area contributed by atoms with E-state index in [0.717, 1.165) is 23.6 Å². The molecule has 3 rings (SSSR count). The summed E-state index contributed by atoms with van der Waals surface area (Å²) in [5.74, 6) is 0.0517. The van der Waals surface area contributed by atoms with E-state index in [1.807, 2.05) is 32.0 Å². The molecule has 0 spiro atoms. The number of fused-ring (bicyclic) bond motifs is 1. The van der Waals surface area contributed by atoms with Gasteiger partial charge in [-0.15, -0.1) is 0 Å². The molecule has 0 atom stereocenters. The number of hydrogen-bond acceptors (Lipinski definition) is 4. The Kier molecular flexibility index (Phi) is 3.67. The van der Waals surface area contributed by atoms with Crippen molar-refractivity contribution in [2.75, 3.05) is 5.32 Å². The van der Waals surface area contributed by atoms with Gasteiger partial charge in [0, 0.05) is 11.8 Å². The molecule has 0 aliphatic rings. The number of benzene rings is 1. The molecule has 5 nitrogen and oxygen atoms in total. The Morgan fingerprint density at radius 2 is 2.00 bits per heavy atom. The highest BCUT2D eigenvalue weighted by atomic mass is 19.4. The van der Waals surface area contributed by atoms with Crippen LogP contribution in [0.2, 0.25) is 0 Å². The van der Waals surface area contributed by atoms with Gasteiger partial charge in [0.25, 0.3) is 5.78 Å². The second-order valence-corrected chi connectivity index (χ2v) is 5.12. The van der Waals surface area contributed by atoms with Crippen LogP contribution in [0.25, 0.3) is 5.78 Å². The lowest BCUT2D eigenvalue weighted by molar-refractivity contribution is -0.141. The zero-order chi connectivity index (χ0) is 16.6. The van der Waals surface area contributed by atoms with E-state index in [2.05, 4.69) is 20.4 Å². The molecule has 1 N–H and O–H groups in total. The van der Waals surface area contributed by atoms with Crippen molar-refractivity contribution in [2.24, 2.45) is 0 Å². The van der Waals surface area contributed by atoms with Gasteiger partial charge in [-0.1, -0.05) is 13.0 Å². The molecule has 0 amide bonds. The van der Waals surface area contributed by atoms with Gasteiger partial charge in [0.15, 0.2) is 5.69 Å². The van der Waals surface area contributed by atoms with Gasteiger partial charge in [0.1, 0.15) is 12.1 Å². The lowest BCUT2D eigenvalue weighted by Gasteiger charge is -2.13. The number of nitrogens with one attached hydrogen (secondary N) is 1. The number of aromatic nitrogens is 4. The van der Waals surface area contributed by atoms with E-state index in [-0.39, 0.29) is 11.6 Å². The van der Waals surface area contributed by atoms with Crippen LogP contribution in [0.4, 0.5) is 24.7 Å². The Hall–Kier alpha value is -2.64. The second kappa shape index (κ2) is 5.53. The number of anilines is 2. The Labute approximate surface area is 130 Å². The van der Waals surface area contributed by atoms with Crippen LogP contribution in [-0.2, 0) is 12.6 Å². The van der Waals surface area contributed by atoms with E-state index < -0.39 is 11.9 Å². The molecule has 1 aromatic carbocycles. The fourth-order valence-corrected chi connectivity index (χ4v) is 2.32. The second-order valence-electron chi connectivity index (χ2n) is 5.12. The van der Waals surface area contributed by atoms with Gasteiger partial charge < -0.3 is 5.32 Å². The maximum atomic E-state index is 13.0. The van der Waals surface area contributed by atoms with Crippen molar-refractivity contribution in [3.8, 4) is 0 Å². The van der Waals surface area contributed by atoms with Crippen molar-refractivity contribution < 1.29 is 13.2 Å². The molecule has 0 saturated heterocycles. The van der Waals surface area contributed by atoms with Crippen molar-refractivity contribution in [2.45, 2.75) is 26.4 Å². The van der Waals surface area contributed by atoms with Crippen LogP contribution in [0.1, 0.15) is 23.7 Å². The summed E-state index contributed by atoms with van der Waals surface area (Å²) in [5.41, 5.74) is 1.93. The van der Waals surface area contributed by atoms with Crippen molar-refractivity contribution >= 4 is 17.3 Å². The number of alkyl halides is 3. The lowest BCUT2D eigenvalue weighted by Crippen LogP contribution is -2.12.